The Labute approximate surface area is 148 Å². The quantitative estimate of drug-likeness (QED) is 0.927. The molecule has 2 aromatic rings. The second-order valence-corrected chi connectivity index (χ2v) is 6.75. The molecule has 0 saturated carbocycles. The molecule has 0 aliphatic carbocycles. The van der Waals surface area contributed by atoms with E-state index in [-0.39, 0.29) is 12.1 Å². The minimum Gasteiger partial charge on any atom is -0.363 e. The molecule has 7 heteroatoms. The molecule has 1 atom stereocenters. The summed E-state index contributed by atoms with van der Waals surface area (Å²) in [5, 5.41) is 7.02. The first kappa shape index (κ1) is 17.3. The molecule has 1 aliphatic rings. The SMILES string of the molecule is Cc1noc(C)c1C(C)NC(=O)N1CCc2c(ccnc2N(C)C)C1. The number of pyridine rings is 1. The van der Waals surface area contributed by atoms with Crippen molar-refractivity contribution in [1.82, 2.24) is 20.4 Å². The van der Waals surface area contributed by atoms with Crippen molar-refractivity contribution >= 4 is 11.8 Å². The van der Waals surface area contributed by atoms with Crippen LogP contribution < -0.4 is 10.2 Å². The molecule has 134 valence electrons. The third-order valence-corrected chi connectivity index (χ3v) is 4.70. The van der Waals surface area contributed by atoms with Crippen molar-refractivity contribution in [3.63, 3.8) is 0 Å². The first-order chi connectivity index (χ1) is 11.9. The second kappa shape index (κ2) is 6.74. The molecule has 0 saturated heterocycles. The van der Waals surface area contributed by atoms with E-state index in [4.69, 9.17) is 4.52 Å². The highest BCUT2D eigenvalue weighted by molar-refractivity contribution is 5.75. The number of rotatable bonds is 3. The molecule has 2 aromatic heterocycles. The van der Waals surface area contributed by atoms with Crippen LogP contribution in [0.2, 0.25) is 0 Å². The number of carbonyl (C=O) groups is 1. The van der Waals surface area contributed by atoms with Crippen LogP contribution in [0.25, 0.3) is 0 Å². The van der Waals surface area contributed by atoms with Crippen LogP contribution in [-0.4, -0.2) is 41.7 Å². The lowest BCUT2D eigenvalue weighted by Crippen LogP contribution is -2.44. The molecule has 1 aliphatic heterocycles. The molecule has 3 heterocycles. The Kier molecular flexibility index (Phi) is 4.65. The van der Waals surface area contributed by atoms with E-state index in [0.29, 0.717) is 13.1 Å². The number of nitrogens with zero attached hydrogens (tertiary/aromatic N) is 4. The highest BCUT2D eigenvalue weighted by Crippen LogP contribution is 2.26. The van der Waals surface area contributed by atoms with Crippen molar-refractivity contribution in [2.45, 2.75) is 39.8 Å². The Bertz CT molecular complexity index is 764. The fourth-order valence-electron chi connectivity index (χ4n) is 3.49. The van der Waals surface area contributed by atoms with E-state index < -0.39 is 0 Å². The van der Waals surface area contributed by atoms with Gasteiger partial charge in [0, 0.05) is 44.5 Å². The van der Waals surface area contributed by atoms with Crippen LogP contribution in [0.5, 0.6) is 0 Å². The van der Waals surface area contributed by atoms with Gasteiger partial charge in [-0.1, -0.05) is 5.16 Å². The van der Waals surface area contributed by atoms with E-state index in [0.717, 1.165) is 34.8 Å². The summed E-state index contributed by atoms with van der Waals surface area (Å²) in [6, 6.07) is 1.79. The summed E-state index contributed by atoms with van der Waals surface area (Å²) in [6.07, 6.45) is 2.62. The average Bonchev–Trinajstić information content (AvgIpc) is 2.92. The highest BCUT2D eigenvalue weighted by atomic mass is 16.5. The van der Waals surface area contributed by atoms with Crippen molar-refractivity contribution in [2.24, 2.45) is 0 Å². The lowest BCUT2D eigenvalue weighted by Gasteiger charge is -2.31. The second-order valence-electron chi connectivity index (χ2n) is 6.75. The first-order valence-electron chi connectivity index (χ1n) is 8.50. The maximum atomic E-state index is 12.7. The van der Waals surface area contributed by atoms with Gasteiger partial charge < -0.3 is 19.6 Å². The lowest BCUT2D eigenvalue weighted by atomic mass is 10.0. The van der Waals surface area contributed by atoms with Crippen LogP contribution in [0, 0.1) is 13.8 Å². The molecule has 2 amide bonds. The van der Waals surface area contributed by atoms with Gasteiger partial charge in [-0.05, 0) is 38.8 Å². The van der Waals surface area contributed by atoms with Gasteiger partial charge in [0.1, 0.15) is 11.6 Å². The number of anilines is 1. The fourth-order valence-corrected chi connectivity index (χ4v) is 3.49. The van der Waals surface area contributed by atoms with Gasteiger partial charge in [-0.3, -0.25) is 0 Å². The van der Waals surface area contributed by atoms with Crippen molar-refractivity contribution in [3.8, 4) is 0 Å². The Hall–Kier alpha value is -2.57. The largest absolute Gasteiger partial charge is 0.363 e. The van der Waals surface area contributed by atoms with E-state index in [1.807, 2.05) is 56.9 Å². The fraction of sp³-hybridized carbons (Fsp3) is 0.500. The molecule has 0 radical (unpaired) electrons. The normalized spacial score (nSPS) is 14.8. The minimum atomic E-state index is -0.144. The highest BCUT2D eigenvalue weighted by Gasteiger charge is 2.26. The molecule has 7 nitrogen and oxygen atoms in total. The molecule has 0 fully saturated rings. The van der Waals surface area contributed by atoms with Gasteiger partial charge in [0.2, 0.25) is 0 Å². The van der Waals surface area contributed by atoms with Crippen LogP contribution in [-0.2, 0) is 13.0 Å². The summed E-state index contributed by atoms with van der Waals surface area (Å²) < 4.78 is 5.20. The number of hydrogen-bond acceptors (Lipinski definition) is 5. The predicted molar refractivity (Wildman–Crippen MR) is 95.6 cm³/mol. The van der Waals surface area contributed by atoms with Gasteiger partial charge in [-0.15, -0.1) is 0 Å². The summed E-state index contributed by atoms with van der Waals surface area (Å²) in [7, 11) is 3.99. The minimum absolute atomic E-state index is 0.0682. The van der Waals surface area contributed by atoms with E-state index in [2.05, 4.69) is 15.5 Å². The number of fused-ring (bicyclic) bond motifs is 1. The summed E-state index contributed by atoms with van der Waals surface area (Å²) in [6.45, 7) is 6.99. The standard InChI is InChI=1S/C18H25N5O2/c1-11(16-12(2)21-25-13(16)3)20-18(24)23-9-7-15-14(10-23)6-8-19-17(15)22(4)5/h6,8,11H,7,9-10H2,1-5H3,(H,20,24). The first-order valence-corrected chi connectivity index (χ1v) is 8.50. The van der Waals surface area contributed by atoms with E-state index in [1.54, 1.807) is 0 Å². The molecular weight excluding hydrogens is 318 g/mol. The molecular formula is C18H25N5O2. The maximum absolute atomic E-state index is 12.7. The van der Waals surface area contributed by atoms with Crippen LogP contribution in [0.3, 0.4) is 0 Å². The Morgan fingerprint density at radius 3 is 2.80 bits per heavy atom. The summed E-state index contributed by atoms with van der Waals surface area (Å²) in [4.78, 5) is 21.0. The van der Waals surface area contributed by atoms with Crippen LogP contribution in [0.4, 0.5) is 10.6 Å². The third kappa shape index (κ3) is 3.31. The number of amides is 2. The van der Waals surface area contributed by atoms with Crippen LogP contribution >= 0.6 is 0 Å². The molecule has 25 heavy (non-hydrogen) atoms. The van der Waals surface area contributed by atoms with E-state index in [9.17, 15) is 4.79 Å². The third-order valence-electron chi connectivity index (χ3n) is 4.70. The summed E-state index contributed by atoms with van der Waals surface area (Å²) in [5.41, 5.74) is 4.15. The predicted octanol–water partition coefficient (Wildman–Crippen LogP) is 2.58. The van der Waals surface area contributed by atoms with Crippen molar-refractivity contribution in [2.75, 3.05) is 25.5 Å². The Morgan fingerprint density at radius 2 is 2.16 bits per heavy atom. The van der Waals surface area contributed by atoms with Crippen molar-refractivity contribution in [1.29, 1.82) is 0 Å². The number of urea groups is 1. The van der Waals surface area contributed by atoms with Gasteiger partial charge >= 0.3 is 6.03 Å². The molecule has 1 N–H and O–H groups in total. The van der Waals surface area contributed by atoms with Crippen LogP contribution in [0.1, 0.15) is 41.1 Å². The molecule has 3 rings (SSSR count). The van der Waals surface area contributed by atoms with Gasteiger partial charge in [-0.25, -0.2) is 9.78 Å². The zero-order valence-electron chi connectivity index (χ0n) is 15.5. The smallest absolute Gasteiger partial charge is 0.318 e. The summed E-state index contributed by atoms with van der Waals surface area (Å²) in [5.74, 6) is 1.73. The van der Waals surface area contributed by atoms with Gasteiger partial charge in [0.25, 0.3) is 0 Å². The topological polar surface area (TPSA) is 74.5 Å². The zero-order chi connectivity index (χ0) is 18.1. The number of hydrogen-bond donors (Lipinski definition) is 1. The Balaban J connectivity index is 1.72. The van der Waals surface area contributed by atoms with Crippen molar-refractivity contribution < 1.29 is 9.32 Å². The van der Waals surface area contributed by atoms with Crippen LogP contribution in [0.15, 0.2) is 16.8 Å². The maximum Gasteiger partial charge on any atom is 0.318 e. The number of carbonyl (C=O) groups excluding carboxylic acids is 1. The number of nitrogens with one attached hydrogen (secondary N) is 1. The Morgan fingerprint density at radius 1 is 1.40 bits per heavy atom. The lowest BCUT2D eigenvalue weighted by molar-refractivity contribution is 0.189. The summed E-state index contributed by atoms with van der Waals surface area (Å²) >= 11 is 0. The number of aromatic nitrogens is 2. The molecule has 0 bridgehead atoms. The van der Waals surface area contributed by atoms with E-state index in [1.165, 1.54) is 5.56 Å². The molecule has 1 unspecified atom stereocenters. The van der Waals surface area contributed by atoms with Gasteiger partial charge in [0.05, 0.1) is 11.7 Å². The molecule has 0 spiro atoms. The number of aryl methyl sites for hydroxylation is 2. The van der Waals surface area contributed by atoms with E-state index >= 15 is 0 Å². The monoisotopic (exact) mass is 343 g/mol. The van der Waals surface area contributed by atoms with Gasteiger partial charge in [-0.2, -0.15) is 0 Å². The zero-order valence-corrected chi connectivity index (χ0v) is 15.5. The molecule has 0 aromatic carbocycles. The average molecular weight is 343 g/mol. The van der Waals surface area contributed by atoms with Gasteiger partial charge in [0.15, 0.2) is 0 Å². The van der Waals surface area contributed by atoms with Crippen molar-refractivity contribution in [3.05, 3.63) is 40.4 Å².